The Hall–Kier alpha value is -2.21. The number of nitrogens with zero attached hydrogens (tertiary/aromatic N) is 1. The number of aliphatic carboxylic acids is 1. The van der Waals surface area contributed by atoms with Crippen LogP contribution in [0.5, 0.6) is 0 Å². The number of hydrogen-bond acceptors (Lipinski definition) is 3. The van der Waals surface area contributed by atoms with Crippen LogP contribution in [-0.2, 0) is 9.59 Å². The topological polar surface area (TPSA) is 69.6 Å². The lowest BCUT2D eigenvalue weighted by atomic mass is 9.78. The monoisotopic (exact) mass is 332 g/mol. The van der Waals surface area contributed by atoms with E-state index in [1.54, 1.807) is 12.1 Å². The highest BCUT2D eigenvalue weighted by molar-refractivity contribution is 5.88. The van der Waals surface area contributed by atoms with Gasteiger partial charge in [-0.2, -0.15) is 0 Å². The molecule has 2 heterocycles. The molecule has 2 aliphatic heterocycles. The van der Waals surface area contributed by atoms with Gasteiger partial charge >= 0.3 is 5.97 Å². The summed E-state index contributed by atoms with van der Waals surface area (Å²) in [7, 11) is 0. The molecular formula is C18H21FN2O3. The number of hydrogen-bond donors (Lipinski definition) is 2. The van der Waals surface area contributed by atoms with E-state index in [1.807, 2.05) is 12.2 Å². The van der Waals surface area contributed by atoms with Gasteiger partial charge in [-0.05, 0) is 30.5 Å². The minimum Gasteiger partial charge on any atom is -0.481 e. The van der Waals surface area contributed by atoms with Gasteiger partial charge in [0.05, 0.1) is 11.5 Å². The number of benzene rings is 1. The fourth-order valence-corrected chi connectivity index (χ4v) is 3.64. The molecule has 128 valence electrons. The third kappa shape index (κ3) is 3.48. The van der Waals surface area contributed by atoms with Crippen molar-refractivity contribution in [3.05, 3.63) is 41.7 Å². The van der Waals surface area contributed by atoms with Crippen molar-refractivity contribution in [2.24, 2.45) is 5.92 Å². The lowest BCUT2D eigenvalue weighted by Crippen LogP contribution is -2.55. The van der Waals surface area contributed by atoms with Crippen LogP contribution in [-0.4, -0.2) is 47.1 Å². The summed E-state index contributed by atoms with van der Waals surface area (Å²) in [6.07, 6.45) is 5.36. The van der Waals surface area contributed by atoms with Crippen LogP contribution in [0.2, 0.25) is 0 Å². The first-order valence-electron chi connectivity index (χ1n) is 8.17. The van der Waals surface area contributed by atoms with Crippen LogP contribution >= 0.6 is 0 Å². The molecule has 24 heavy (non-hydrogen) atoms. The second-order valence-corrected chi connectivity index (χ2v) is 6.55. The second-order valence-electron chi connectivity index (χ2n) is 6.55. The summed E-state index contributed by atoms with van der Waals surface area (Å²) < 4.78 is 12.9. The molecule has 1 aromatic carbocycles. The first-order chi connectivity index (χ1) is 11.5. The first kappa shape index (κ1) is 16.6. The average molecular weight is 332 g/mol. The molecular weight excluding hydrogens is 311 g/mol. The molecule has 5 nitrogen and oxygen atoms in total. The van der Waals surface area contributed by atoms with Crippen LogP contribution in [0.15, 0.2) is 30.3 Å². The number of amides is 1. The van der Waals surface area contributed by atoms with E-state index in [0.29, 0.717) is 12.8 Å². The van der Waals surface area contributed by atoms with Crippen molar-refractivity contribution in [2.75, 3.05) is 19.6 Å². The van der Waals surface area contributed by atoms with Crippen molar-refractivity contribution in [1.29, 1.82) is 0 Å². The summed E-state index contributed by atoms with van der Waals surface area (Å²) >= 11 is 0. The minimum atomic E-state index is -0.891. The molecule has 0 aliphatic carbocycles. The molecule has 2 saturated heterocycles. The molecule has 1 spiro atoms. The molecule has 0 bridgehead atoms. The molecule has 0 unspecified atom stereocenters. The predicted molar refractivity (Wildman–Crippen MR) is 87.7 cm³/mol. The van der Waals surface area contributed by atoms with E-state index in [-0.39, 0.29) is 18.1 Å². The van der Waals surface area contributed by atoms with Crippen molar-refractivity contribution in [3.63, 3.8) is 0 Å². The van der Waals surface area contributed by atoms with E-state index in [0.717, 1.165) is 25.2 Å². The van der Waals surface area contributed by atoms with Crippen molar-refractivity contribution in [2.45, 2.75) is 24.8 Å². The Labute approximate surface area is 140 Å². The summed E-state index contributed by atoms with van der Waals surface area (Å²) in [4.78, 5) is 25.3. The molecule has 1 aromatic rings. The number of carbonyl (C=O) groups is 2. The molecule has 1 atom stereocenters. The molecule has 3 rings (SSSR count). The van der Waals surface area contributed by atoms with Crippen LogP contribution in [0.3, 0.4) is 0 Å². The van der Waals surface area contributed by atoms with Gasteiger partial charge in [-0.15, -0.1) is 0 Å². The molecule has 2 aliphatic rings. The van der Waals surface area contributed by atoms with Gasteiger partial charge in [0.15, 0.2) is 0 Å². The fraction of sp³-hybridized carbons (Fsp3) is 0.444. The number of carbonyl (C=O) groups excluding carboxylic acids is 1. The van der Waals surface area contributed by atoms with Crippen LogP contribution in [0, 0.1) is 11.7 Å². The van der Waals surface area contributed by atoms with Crippen molar-refractivity contribution >= 4 is 18.0 Å². The standard InChI is InChI=1S/C18H21FN2O3/c19-14-5-3-13(4-6-14)2-1-9-21-10-7-18(8-11-21)15(17(23)24)12-16(22)20-18/h1-6,15H,7-12H2,(H,20,22)(H,23,24)/b2-1+/t15-/m0/s1. The number of rotatable bonds is 4. The third-order valence-electron chi connectivity index (χ3n) is 5.04. The van der Waals surface area contributed by atoms with Crippen LogP contribution in [0.1, 0.15) is 24.8 Å². The quantitative estimate of drug-likeness (QED) is 0.883. The Bertz CT molecular complexity index is 649. The number of piperidine rings is 1. The number of nitrogens with one attached hydrogen (secondary N) is 1. The van der Waals surface area contributed by atoms with Gasteiger partial charge < -0.3 is 10.4 Å². The summed E-state index contributed by atoms with van der Waals surface area (Å²) in [6, 6.07) is 6.31. The van der Waals surface area contributed by atoms with E-state index < -0.39 is 17.4 Å². The zero-order valence-electron chi connectivity index (χ0n) is 13.4. The van der Waals surface area contributed by atoms with Gasteiger partial charge in [-0.1, -0.05) is 24.3 Å². The summed E-state index contributed by atoms with van der Waals surface area (Å²) in [5.41, 5.74) is 0.360. The predicted octanol–water partition coefficient (Wildman–Crippen LogP) is 1.89. The van der Waals surface area contributed by atoms with Crippen LogP contribution < -0.4 is 5.32 Å². The van der Waals surface area contributed by atoms with Gasteiger partial charge in [0.1, 0.15) is 5.82 Å². The summed E-state index contributed by atoms with van der Waals surface area (Å²) in [5.74, 6) is -1.92. The maximum Gasteiger partial charge on any atom is 0.309 e. The highest BCUT2D eigenvalue weighted by Crippen LogP contribution is 2.36. The largest absolute Gasteiger partial charge is 0.481 e. The number of halogens is 1. The Morgan fingerprint density at radius 2 is 2.00 bits per heavy atom. The van der Waals surface area contributed by atoms with Crippen LogP contribution in [0.25, 0.3) is 6.08 Å². The van der Waals surface area contributed by atoms with Gasteiger partial charge in [-0.25, -0.2) is 4.39 Å². The summed E-state index contributed by atoms with van der Waals surface area (Å²) in [6.45, 7) is 2.24. The van der Waals surface area contributed by atoms with E-state index in [2.05, 4.69) is 10.2 Å². The fourth-order valence-electron chi connectivity index (χ4n) is 3.64. The number of likely N-dealkylation sites (tertiary alicyclic amines) is 1. The number of carboxylic acid groups (broad SMARTS) is 1. The normalized spacial score (nSPS) is 23.7. The minimum absolute atomic E-state index is 0.0831. The molecule has 0 saturated carbocycles. The molecule has 2 N–H and O–H groups in total. The molecule has 1 amide bonds. The van der Waals surface area contributed by atoms with E-state index in [1.165, 1.54) is 12.1 Å². The van der Waals surface area contributed by atoms with E-state index in [4.69, 9.17) is 0 Å². The van der Waals surface area contributed by atoms with Gasteiger partial charge in [0.25, 0.3) is 0 Å². The summed E-state index contributed by atoms with van der Waals surface area (Å²) in [5, 5.41) is 12.3. The third-order valence-corrected chi connectivity index (χ3v) is 5.04. The average Bonchev–Trinajstić information content (AvgIpc) is 2.88. The van der Waals surface area contributed by atoms with Crippen molar-refractivity contribution < 1.29 is 19.1 Å². The van der Waals surface area contributed by atoms with Crippen molar-refractivity contribution in [3.8, 4) is 0 Å². The zero-order valence-corrected chi connectivity index (χ0v) is 13.4. The highest BCUT2D eigenvalue weighted by Gasteiger charge is 2.51. The Morgan fingerprint density at radius 3 is 2.62 bits per heavy atom. The SMILES string of the molecule is O=C1C[C@@H](C(=O)O)C2(CCN(C/C=C/c3ccc(F)cc3)CC2)N1. The lowest BCUT2D eigenvalue weighted by Gasteiger charge is -2.41. The highest BCUT2D eigenvalue weighted by atomic mass is 19.1. The molecule has 2 fully saturated rings. The maximum atomic E-state index is 12.9. The van der Waals surface area contributed by atoms with E-state index in [9.17, 15) is 19.1 Å². The molecule has 6 heteroatoms. The van der Waals surface area contributed by atoms with E-state index >= 15 is 0 Å². The maximum absolute atomic E-state index is 12.9. The Balaban J connectivity index is 1.54. The molecule has 0 aromatic heterocycles. The number of carboxylic acids is 1. The Morgan fingerprint density at radius 1 is 1.33 bits per heavy atom. The second kappa shape index (κ2) is 6.73. The van der Waals surface area contributed by atoms with Gasteiger partial charge in [-0.3, -0.25) is 14.5 Å². The zero-order chi connectivity index (χ0) is 17.2. The van der Waals surface area contributed by atoms with Gasteiger partial charge in [0, 0.05) is 26.1 Å². The van der Waals surface area contributed by atoms with Crippen LogP contribution in [0.4, 0.5) is 4.39 Å². The van der Waals surface area contributed by atoms with Crippen molar-refractivity contribution in [1.82, 2.24) is 10.2 Å². The molecule has 0 radical (unpaired) electrons. The smallest absolute Gasteiger partial charge is 0.309 e. The Kier molecular flexibility index (Phi) is 4.66. The van der Waals surface area contributed by atoms with Gasteiger partial charge in [0.2, 0.25) is 5.91 Å². The first-order valence-corrected chi connectivity index (χ1v) is 8.17. The lowest BCUT2D eigenvalue weighted by molar-refractivity contribution is -0.144.